The molecular formula is C14H12BrClN2O2. The van der Waals surface area contributed by atoms with Gasteiger partial charge in [0.2, 0.25) is 0 Å². The Labute approximate surface area is 130 Å². The predicted molar refractivity (Wildman–Crippen MR) is 81.8 cm³/mol. The zero-order chi connectivity index (χ0) is 14.5. The third-order valence-corrected chi connectivity index (χ3v) is 3.43. The normalized spacial score (nSPS) is 11.8. The number of para-hydroxylation sites is 1. The smallest absolute Gasteiger partial charge is 0.333 e. The summed E-state index contributed by atoms with van der Waals surface area (Å²) in [6, 6.07) is 8.33. The molecule has 1 heterocycles. The number of halogens is 2. The Morgan fingerprint density at radius 1 is 1.40 bits per heavy atom. The van der Waals surface area contributed by atoms with Crippen molar-refractivity contribution in [3.8, 4) is 0 Å². The summed E-state index contributed by atoms with van der Waals surface area (Å²) in [4.78, 5) is 16.0. The average molecular weight is 356 g/mol. The molecule has 0 saturated carbocycles. The van der Waals surface area contributed by atoms with Crippen LogP contribution < -0.4 is 5.32 Å². The second-order valence-electron chi connectivity index (χ2n) is 4.02. The van der Waals surface area contributed by atoms with Gasteiger partial charge in [-0.3, -0.25) is 4.98 Å². The van der Waals surface area contributed by atoms with Crippen molar-refractivity contribution in [2.45, 2.75) is 6.04 Å². The molecule has 0 saturated heterocycles. The first-order chi connectivity index (χ1) is 9.61. The van der Waals surface area contributed by atoms with Crippen molar-refractivity contribution in [3.05, 3.63) is 57.8 Å². The quantitative estimate of drug-likeness (QED) is 0.847. The SMILES string of the molecule is COC(=O)C(Nc1ccccc1Cl)c1cncc(Br)c1. The van der Waals surface area contributed by atoms with Crippen LogP contribution in [-0.2, 0) is 9.53 Å². The monoisotopic (exact) mass is 354 g/mol. The molecule has 1 atom stereocenters. The molecule has 2 aromatic rings. The van der Waals surface area contributed by atoms with E-state index in [9.17, 15) is 4.79 Å². The highest BCUT2D eigenvalue weighted by Crippen LogP contribution is 2.27. The van der Waals surface area contributed by atoms with E-state index in [2.05, 4.69) is 26.2 Å². The van der Waals surface area contributed by atoms with Gasteiger partial charge in [0.25, 0.3) is 0 Å². The molecule has 0 amide bonds. The zero-order valence-electron chi connectivity index (χ0n) is 10.6. The molecule has 6 heteroatoms. The van der Waals surface area contributed by atoms with E-state index < -0.39 is 12.0 Å². The fourth-order valence-electron chi connectivity index (χ4n) is 1.72. The van der Waals surface area contributed by atoms with Crippen LogP contribution in [0.5, 0.6) is 0 Å². The van der Waals surface area contributed by atoms with Gasteiger partial charge in [-0.15, -0.1) is 0 Å². The second-order valence-corrected chi connectivity index (χ2v) is 5.34. The molecule has 1 aromatic heterocycles. The van der Waals surface area contributed by atoms with Gasteiger partial charge in [0, 0.05) is 22.4 Å². The number of rotatable bonds is 4. The Hall–Kier alpha value is -1.59. The minimum Gasteiger partial charge on any atom is -0.467 e. The fraction of sp³-hybridized carbons (Fsp3) is 0.143. The van der Waals surface area contributed by atoms with Gasteiger partial charge < -0.3 is 10.1 Å². The van der Waals surface area contributed by atoms with E-state index in [0.29, 0.717) is 16.3 Å². The van der Waals surface area contributed by atoms with Gasteiger partial charge in [-0.05, 0) is 34.1 Å². The lowest BCUT2D eigenvalue weighted by Gasteiger charge is -2.18. The topological polar surface area (TPSA) is 51.2 Å². The number of methoxy groups -OCH3 is 1. The highest BCUT2D eigenvalue weighted by atomic mass is 79.9. The molecule has 0 aliphatic heterocycles. The predicted octanol–water partition coefficient (Wildman–Crippen LogP) is 3.82. The molecule has 0 bridgehead atoms. The van der Waals surface area contributed by atoms with Crippen molar-refractivity contribution in [2.75, 3.05) is 12.4 Å². The van der Waals surface area contributed by atoms with Gasteiger partial charge in [0.1, 0.15) is 0 Å². The Morgan fingerprint density at radius 3 is 2.80 bits per heavy atom. The Bertz CT molecular complexity index is 622. The first-order valence-electron chi connectivity index (χ1n) is 5.81. The van der Waals surface area contributed by atoms with Gasteiger partial charge in [-0.1, -0.05) is 23.7 Å². The summed E-state index contributed by atoms with van der Waals surface area (Å²) in [5.41, 5.74) is 1.34. The van der Waals surface area contributed by atoms with Crippen LogP contribution in [-0.4, -0.2) is 18.1 Å². The highest BCUT2D eigenvalue weighted by Gasteiger charge is 2.22. The van der Waals surface area contributed by atoms with E-state index >= 15 is 0 Å². The number of hydrogen-bond donors (Lipinski definition) is 1. The van der Waals surface area contributed by atoms with Gasteiger partial charge in [-0.25, -0.2) is 4.79 Å². The minimum absolute atomic E-state index is 0.412. The molecular weight excluding hydrogens is 344 g/mol. The van der Waals surface area contributed by atoms with E-state index in [4.69, 9.17) is 16.3 Å². The maximum absolute atomic E-state index is 12.0. The second kappa shape index (κ2) is 6.72. The number of aromatic nitrogens is 1. The number of anilines is 1. The summed E-state index contributed by atoms with van der Waals surface area (Å²) < 4.78 is 5.61. The van der Waals surface area contributed by atoms with Crippen LogP contribution in [0.3, 0.4) is 0 Å². The van der Waals surface area contributed by atoms with Crippen molar-refractivity contribution in [1.82, 2.24) is 4.98 Å². The molecule has 1 aromatic carbocycles. The summed E-state index contributed by atoms with van der Waals surface area (Å²) in [6.45, 7) is 0. The summed E-state index contributed by atoms with van der Waals surface area (Å²) in [5.74, 6) is -0.412. The standard InChI is InChI=1S/C14H12BrClN2O2/c1-20-14(19)13(9-6-10(15)8-17-7-9)18-12-5-3-2-4-11(12)16/h2-8,13,18H,1H3. The van der Waals surface area contributed by atoms with Crippen LogP contribution in [0, 0.1) is 0 Å². The average Bonchev–Trinajstić information content (AvgIpc) is 2.45. The molecule has 0 fully saturated rings. The maximum atomic E-state index is 12.0. The van der Waals surface area contributed by atoms with E-state index in [1.807, 2.05) is 12.1 Å². The molecule has 1 N–H and O–H groups in total. The van der Waals surface area contributed by atoms with E-state index in [1.54, 1.807) is 30.6 Å². The third kappa shape index (κ3) is 3.49. The largest absolute Gasteiger partial charge is 0.467 e. The number of hydrogen-bond acceptors (Lipinski definition) is 4. The first kappa shape index (κ1) is 14.8. The number of carbonyl (C=O) groups excluding carboxylic acids is 1. The Morgan fingerprint density at radius 2 is 2.15 bits per heavy atom. The molecule has 2 rings (SSSR count). The van der Waals surface area contributed by atoms with Crippen LogP contribution >= 0.6 is 27.5 Å². The highest BCUT2D eigenvalue weighted by molar-refractivity contribution is 9.10. The molecule has 104 valence electrons. The lowest BCUT2D eigenvalue weighted by molar-refractivity contribution is -0.141. The molecule has 0 spiro atoms. The molecule has 0 aliphatic rings. The van der Waals surface area contributed by atoms with Crippen LogP contribution in [0.2, 0.25) is 5.02 Å². The van der Waals surface area contributed by atoms with E-state index in [0.717, 1.165) is 4.47 Å². The van der Waals surface area contributed by atoms with Crippen LogP contribution in [0.4, 0.5) is 5.69 Å². The summed E-state index contributed by atoms with van der Waals surface area (Å²) >= 11 is 9.43. The summed E-state index contributed by atoms with van der Waals surface area (Å²) in [6.07, 6.45) is 3.25. The summed E-state index contributed by atoms with van der Waals surface area (Å²) in [7, 11) is 1.34. The number of esters is 1. The third-order valence-electron chi connectivity index (χ3n) is 2.67. The molecule has 0 radical (unpaired) electrons. The van der Waals surface area contributed by atoms with Crippen molar-refractivity contribution in [2.24, 2.45) is 0 Å². The van der Waals surface area contributed by atoms with Gasteiger partial charge in [-0.2, -0.15) is 0 Å². The Balaban J connectivity index is 2.34. The van der Waals surface area contributed by atoms with Crippen molar-refractivity contribution in [3.63, 3.8) is 0 Å². The number of ether oxygens (including phenoxy) is 1. The first-order valence-corrected chi connectivity index (χ1v) is 6.98. The minimum atomic E-state index is -0.676. The van der Waals surface area contributed by atoms with Gasteiger partial charge in [0.15, 0.2) is 6.04 Å². The summed E-state index contributed by atoms with van der Waals surface area (Å²) in [5, 5.41) is 3.61. The van der Waals surface area contributed by atoms with Crippen molar-refractivity contribution < 1.29 is 9.53 Å². The molecule has 0 aliphatic carbocycles. The van der Waals surface area contributed by atoms with Crippen molar-refractivity contribution >= 4 is 39.2 Å². The molecule has 4 nitrogen and oxygen atoms in total. The number of nitrogens with one attached hydrogen (secondary N) is 1. The number of pyridine rings is 1. The van der Waals surface area contributed by atoms with Gasteiger partial charge >= 0.3 is 5.97 Å². The number of benzene rings is 1. The van der Waals surface area contributed by atoms with E-state index in [-0.39, 0.29) is 0 Å². The number of nitrogens with zero attached hydrogens (tertiary/aromatic N) is 1. The van der Waals surface area contributed by atoms with Crippen LogP contribution in [0.15, 0.2) is 47.2 Å². The van der Waals surface area contributed by atoms with Gasteiger partial charge in [0.05, 0.1) is 17.8 Å². The van der Waals surface area contributed by atoms with Crippen molar-refractivity contribution in [1.29, 1.82) is 0 Å². The number of carbonyl (C=O) groups is 1. The molecule has 1 unspecified atom stereocenters. The molecule has 20 heavy (non-hydrogen) atoms. The lowest BCUT2D eigenvalue weighted by Crippen LogP contribution is -2.22. The van der Waals surface area contributed by atoms with E-state index in [1.165, 1.54) is 7.11 Å². The van der Waals surface area contributed by atoms with Crippen LogP contribution in [0.25, 0.3) is 0 Å². The van der Waals surface area contributed by atoms with Crippen LogP contribution in [0.1, 0.15) is 11.6 Å². The maximum Gasteiger partial charge on any atom is 0.333 e. The fourth-order valence-corrected chi connectivity index (χ4v) is 2.29. The zero-order valence-corrected chi connectivity index (χ0v) is 13.0. The Kier molecular flexibility index (Phi) is 4.98. The lowest BCUT2D eigenvalue weighted by atomic mass is 10.1.